The Labute approximate surface area is 709 Å². The van der Waals surface area contributed by atoms with Crippen molar-refractivity contribution in [3.63, 3.8) is 0 Å². The Bertz CT molecular complexity index is 5660. The first-order valence-electron chi connectivity index (χ1n) is 39.4. The molecule has 9 aromatic heterocycles. The lowest BCUT2D eigenvalue weighted by Crippen LogP contribution is -2.48. The first-order valence-corrected chi connectivity index (χ1v) is 40.1. The number of halogens is 8. The van der Waals surface area contributed by atoms with Gasteiger partial charge < -0.3 is 59.1 Å². The van der Waals surface area contributed by atoms with Crippen LogP contribution in [0.1, 0.15) is 36.3 Å². The van der Waals surface area contributed by atoms with Gasteiger partial charge in [0.25, 0.3) is 11.8 Å². The molecule has 3 aliphatic heterocycles. The van der Waals surface area contributed by atoms with Gasteiger partial charge in [0, 0.05) is 206 Å². The van der Waals surface area contributed by atoms with Crippen molar-refractivity contribution in [3.8, 4) is 67.9 Å². The number of pyridine rings is 5. The zero-order chi connectivity index (χ0) is 86.9. The van der Waals surface area contributed by atoms with Crippen molar-refractivity contribution in [1.82, 2.24) is 77.5 Å². The maximum Gasteiger partial charge on any atom is 0.282 e. The highest BCUT2D eigenvalue weighted by Crippen LogP contribution is 2.49. The summed E-state index contributed by atoms with van der Waals surface area (Å²) >= 11 is 13.7. The summed E-state index contributed by atoms with van der Waals surface area (Å²) < 4.78 is 126. The van der Waals surface area contributed by atoms with Gasteiger partial charge in [-0.1, -0.05) is 42.9 Å². The number of carbonyl (C=O) groups excluding carboxylic acids is 3. The Balaban J connectivity index is 0.000000158. The van der Waals surface area contributed by atoms with Crippen LogP contribution < -0.4 is 44.4 Å². The molecule has 28 nitrogen and oxygen atoms in total. The molecule has 3 N–H and O–H groups in total. The first kappa shape index (κ1) is 87.6. The van der Waals surface area contributed by atoms with Gasteiger partial charge in [-0.05, 0) is 82.4 Å². The Morgan fingerprint density at radius 2 is 0.762 bits per heavy atom. The zero-order valence-electron chi connectivity index (χ0n) is 69.0. The van der Waals surface area contributed by atoms with E-state index in [0.29, 0.717) is 137 Å². The average Bonchev–Trinajstić information content (AvgIpc) is 1.47. The van der Waals surface area contributed by atoms with Gasteiger partial charge in [-0.15, -0.1) is 0 Å². The SMILES string of the molecule is C=C(F)C(=O)N1CCN(CCCc2cn3c(n2)c(-c2c(F)c(OC)cc(OC)c2F)cc2cnc(NC)cc23)CC1.C=C(F)C(=O)N1CCN(CCCc2cn3c(n2)c(-c2c(F)c(OC)cc(OC)c2F)cc2cnc(NC)nc23)CC1.C=CC(=O)N1CCN(CCCc2cn3c(n2)c(-c2c(Cl)c(OC)cc(OC)c2Cl)cc2cnc(NC)cc23)CC1. The fourth-order valence-corrected chi connectivity index (χ4v) is 16.1. The number of hydrogen-bond acceptors (Lipinski definition) is 22. The van der Waals surface area contributed by atoms with Gasteiger partial charge in [0.05, 0.1) is 91.9 Å². The second-order valence-corrected chi connectivity index (χ2v) is 29.8. The number of ether oxygens (including phenoxy) is 6. The van der Waals surface area contributed by atoms with Crippen LogP contribution in [-0.4, -0.2) is 257 Å². The Morgan fingerprint density at radius 3 is 1.11 bits per heavy atom. The molecule has 15 rings (SSSR count). The minimum Gasteiger partial charge on any atom is -0.495 e. The van der Waals surface area contributed by atoms with Crippen LogP contribution >= 0.6 is 23.2 Å². The summed E-state index contributed by atoms with van der Waals surface area (Å²) in [5, 5.41) is 11.9. The van der Waals surface area contributed by atoms with E-state index >= 15 is 17.6 Å². The largest absolute Gasteiger partial charge is 0.495 e. The molecule has 0 bridgehead atoms. The molecule has 3 aromatic carbocycles. The van der Waals surface area contributed by atoms with Crippen molar-refractivity contribution in [3.05, 3.63) is 174 Å². The molecule has 0 radical (unpaired) electrons. The molecule has 0 spiro atoms. The second-order valence-electron chi connectivity index (χ2n) is 29.0. The van der Waals surface area contributed by atoms with Gasteiger partial charge in [-0.2, -0.15) is 4.98 Å². The molecule has 12 heterocycles. The number of amides is 3. The van der Waals surface area contributed by atoms with Crippen molar-refractivity contribution in [2.45, 2.75) is 38.5 Å². The number of rotatable bonds is 27. The standard InChI is InChI=1S/C29H32Cl2N6O3.C29H31F3N6O3.C28H30F3N7O3/c1-5-25(38)36-11-9-35(10-12-36)8-6-7-19-17-37-21-14-24(32-2)33-16-18(21)13-20(29(37)34-19)26-27(30)22(39-3)15-23(40-4)28(26)31;1-17(30)29(39)37-10-8-36(9-11-37)7-5-6-19-16-38-21-13-24(33-2)34-15-18(21)12-20(28(38)35-19)25-26(31)22(40-3)14-23(41-4)27(25)32;1-16(29)27(39)37-10-8-36(9-11-37)7-5-6-18-15-38-25-17(14-33-28(32-2)35-25)12-19(26(38)34-18)22-23(30)20(40-3)13-21(41-4)24(22)31/h5,13-17H,1,6-12H2,2-4H3,(H,32,33);12-16H,1,5-11H2,2-4H3,(H,33,34);12-15H,1,5-11H2,2-4H3,(H,32,33,35). The number of piperazine rings is 3. The highest BCUT2D eigenvalue weighted by atomic mass is 35.5. The second kappa shape index (κ2) is 38.7. The van der Waals surface area contributed by atoms with Crippen molar-refractivity contribution >= 4 is 108 Å². The monoisotopic (exact) mass is 1720 g/mol. The fraction of sp³-hybridized carbons (Fsp3) is 0.349. The molecule has 0 atom stereocenters. The molecular formula is C86H93Cl2F6N19O9. The van der Waals surface area contributed by atoms with Crippen LogP contribution in [0.3, 0.4) is 0 Å². The summed E-state index contributed by atoms with van der Waals surface area (Å²) in [4.78, 5) is 79.4. The van der Waals surface area contributed by atoms with E-state index in [1.54, 1.807) is 63.3 Å². The molecule has 122 heavy (non-hydrogen) atoms. The number of methoxy groups -OCH3 is 6. The van der Waals surface area contributed by atoms with Crippen LogP contribution in [0.5, 0.6) is 34.5 Å². The summed E-state index contributed by atoms with van der Waals surface area (Å²) in [6.07, 6.45) is 16.6. The number of anilines is 3. The van der Waals surface area contributed by atoms with E-state index in [1.807, 2.05) is 53.1 Å². The van der Waals surface area contributed by atoms with Gasteiger partial charge in [0.1, 0.15) is 40.1 Å². The van der Waals surface area contributed by atoms with E-state index in [-0.39, 0.29) is 51.2 Å². The summed E-state index contributed by atoms with van der Waals surface area (Å²) in [6, 6.07) is 13.1. The average molecular weight is 1720 g/mol. The van der Waals surface area contributed by atoms with Crippen molar-refractivity contribution in [2.75, 3.05) is 178 Å². The third-order valence-corrected chi connectivity index (χ3v) is 22.6. The van der Waals surface area contributed by atoms with E-state index in [4.69, 9.17) is 66.6 Å². The third-order valence-electron chi connectivity index (χ3n) is 21.9. The lowest BCUT2D eigenvalue weighted by Gasteiger charge is -2.34. The Hall–Kier alpha value is -12.2. The van der Waals surface area contributed by atoms with Gasteiger partial charge in [0.15, 0.2) is 63.6 Å². The molecule has 3 amide bonds. The number of aryl methyl sites for hydroxylation is 3. The van der Waals surface area contributed by atoms with Crippen LogP contribution in [0.15, 0.2) is 123 Å². The van der Waals surface area contributed by atoms with E-state index in [1.165, 1.54) is 50.4 Å². The van der Waals surface area contributed by atoms with Crippen molar-refractivity contribution < 1.29 is 69.1 Å². The Morgan fingerprint density at radius 1 is 0.426 bits per heavy atom. The van der Waals surface area contributed by atoms with Crippen LogP contribution in [0.2, 0.25) is 10.0 Å². The third kappa shape index (κ3) is 18.3. The summed E-state index contributed by atoms with van der Waals surface area (Å²) in [7, 11) is 13.6. The van der Waals surface area contributed by atoms with E-state index in [2.05, 4.69) is 80.9 Å². The normalized spacial score (nSPS) is 14.1. The molecule has 3 fully saturated rings. The predicted octanol–water partition coefficient (Wildman–Crippen LogP) is 13.5. The molecule has 0 saturated carbocycles. The smallest absolute Gasteiger partial charge is 0.282 e. The van der Waals surface area contributed by atoms with Gasteiger partial charge in [0.2, 0.25) is 11.9 Å². The molecule has 642 valence electrons. The maximum absolute atomic E-state index is 15.6. The van der Waals surface area contributed by atoms with Gasteiger partial charge in [-0.25, -0.2) is 56.2 Å². The lowest BCUT2D eigenvalue weighted by molar-refractivity contribution is -0.131. The maximum atomic E-state index is 15.6. The van der Waals surface area contributed by atoms with Crippen LogP contribution in [0, 0.1) is 23.3 Å². The summed E-state index contributed by atoms with van der Waals surface area (Å²) in [5.41, 5.74) is 7.26. The van der Waals surface area contributed by atoms with Crippen LogP contribution in [0.25, 0.3) is 83.2 Å². The quantitative estimate of drug-likeness (QED) is 0.0319. The molecule has 0 unspecified atom stereocenters. The zero-order valence-corrected chi connectivity index (χ0v) is 70.5. The highest BCUT2D eigenvalue weighted by molar-refractivity contribution is 6.41. The number of nitrogens with zero attached hydrogens (tertiary/aromatic N) is 16. The molecule has 0 aliphatic carbocycles. The summed E-state index contributed by atoms with van der Waals surface area (Å²) in [6.45, 7) is 19.6. The molecule has 12 aromatic rings. The molecule has 3 aliphatic rings. The Kier molecular flexibility index (Phi) is 27.7. The van der Waals surface area contributed by atoms with Crippen molar-refractivity contribution in [1.29, 1.82) is 0 Å². The van der Waals surface area contributed by atoms with E-state index in [0.717, 1.165) is 122 Å². The number of hydrogen-bond donors (Lipinski definition) is 3. The lowest BCUT2D eigenvalue weighted by atomic mass is 10.0. The fourth-order valence-electron chi connectivity index (χ4n) is 15.4. The number of aromatic nitrogens is 10. The van der Waals surface area contributed by atoms with E-state index < -0.39 is 46.7 Å². The van der Waals surface area contributed by atoms with E-state index in [9.17, 15) is 23.2 Å². The topological polar surface area (TPSA) is 266 Å². The molecular weight excluding hydrogens is 1630 g/mol. The number of fused-ring (bicyclic) bond motifs is 9. The van der Waals surface area contributed by atoms with Gasteiger partial charge >= 0.3 is 0 Å². The molecule has 36 heteroatoms. The highest BCUT2D eigenvalue weighted by Gasteiger charge is 2.32. The minimum atomic E-state index is -0.948. The van der Waals surface area contributed by atoms with Crippen LogP contribution in [-0.2, 0) is 33.6 Å². The number of benzene rings is 3. The number of nitrogens with one attached hydrogen (secondary N) is 3. The van der Waals surface area contributed by atoms with Crippen LogP contribution in [0.4, 0.5) is 43.9 Å². The number of imidazole rings is 3. The number of carbonyl (C=O) groups is 3. The van der Waals surface area contributed by atoms with Gasteiger partial charge in [-0.3, -0.25) is 42.3 Å². The van der Waals surface area contributed by atoms with Crippen molar-refractivity contribution in [2.24, 2.45) is 0 Å². The first-order chi connectivity index (χ1) is 58.9. The minimum absolute atomic E-state index is 0.00197. The molecule has 3 saturated heterocycles. The predicted molar refractivity (Wildman–Crippen MR) is 458 cm³/mol. The summed E-state index contributed by atoms with van der Waals surface area (Å²) in [5.74, 6) is -4.61.